The van der Waals surface area contributed by atoms with E-state index in [1.54, 1.807) is 24.3 Å². The molecule has 0 saturated heterocycles. The van der Waals surface area contributed by atoms with Crippen LogP contribution in [0.2, 0.25) is 0 Å². The summed E-state index contributed by atoms with van der Waals surface area (Å²) in [5.41, 5.74) is 3.42. The Morgan fingerprint density at radius 3 is 1.73 bits per heavy atom. The van der Waals surface area contributed by atoms with E-state index in [0.29, 0.717) is 12.8 Å². The first-order chi connectivity index (χ1) is 14.2. The number of rotatable bonds is 10. The number of hydrogen-bond acceptors (Lipinski definition) is 3. The van der Waals surface area contributed by atoms with Gasteiger partial charge in [-0.2, -0.15) is 0 Å². The third-order valence-electron chi connectivity index (χ3n) is 4.99. The van der Waals surface area contributed by atoms with E-state index in [1.165, 1.54) is 24.3 Å². The lowest BCUT2D eigenvalue weighted by molar-refractivity contribution is -0.139. The van der Waals surface area contributed by atoms with Crippen LogP contribution < -0.4 is 0 Å². The van der Waals surface area contributed by atoms with Crippen molar-refractivity contribution < 1.29 is 28.9 Å². The van der Waals surface area contributed by atoms with Crippen LogP contribution in [0.5, 0.6) is 0 Å². The van der Waals surface area contributed by atoms with Gasteiger partial charge in [-0.15, -0.1) is 0 Å². The van der Waals surface area contributed by atoms with E-state index < -0.39 is 24.6 Å². The summed E-state index contributed by atoms with van der Waals surface area (Å²) in [5, 5.41) is 28.8. The van der Waals surface area contributed by atoms with Gasteiger partial charge in [0.1, 0.15) is 11.6 Å². The zero-order chi connectivity index (χ0) is 22.3. The summed E-state index contributed by atoms with van der Waals surface area (Å²) in [6.07, 6.45) is -1.60. The molecule has 0 amide bonds. The van der Waals surface area contributed by atoms with Gasteiger partial charge in [0.15, 0.2) is 0 Å². The maximum Gasteiger partial charge on any atom is 0.305 e. The molecule has 0 heterocycles. The van der Waals surface area contributed by atoms with Gasteiger partial charge >= 0.3 is 5.97 Å². The number of hydrogen-bond donors (Lipinski definition) is 3. The van der Waals surface area contributed by atoms with Gasteiger partial charge in [-0.1, -0.05) is 43.7 Å². The van der Waals surface area contributed by atoms with Crippen molar-refractivity contribution in [2.24, 2.45) is 5.92 Å². The van der Waals surface area contributed by atoms with E-state index in [0.717, 1.165) is 22.3 Å². The standard InChI is InChI=1S/C24H28F2O4/c1-15(2)22(12-11-20(27)13-21(28)14-23(29)30)24(16-3-7-18(25)8-4-16)17-5-9-19(26)10-6-17/h3-10,15,20-21,27-28H,11-14H2,1-2H3,(H,29,30)/t20-,21-/m1/s1. The summed E-state index contributed by atoms with van der Waals surface area (Å²) in [5.74, 6) is -1.74. The fourth-order valence-corrected chi connectivity index (χ4v) is 3.51. The summed E-state index contributed by atoms with van der Waals surface area (Å²) in [7, 11) is 0. The number of carboxylic acid groups (broad SMARTS) is 1. The summed E-state index contributed by atoms with van der Waals surface area (Å²) in [6, 6.07) is 12.2. The third kappa shape index (κ3) is 7.04. The number of carbonyl (C=O) groups is 1. The Morgan fingerprint density at radius 1 is 0.867 bits per heavy atom. The first kappa shape index (κ1) is 23.7. The van der Waals surface area contributed by atoms with Gasteiger partial charge in [-0.05, 0) is 66.1 Å². The molecule has 0 radical (unpaired) electrons. The molecule has 162 valence electrons. The Balaban J connectivity index is 2.35. The quantitative estimate of drug-likeness (QED) is 0.518. The van der Waals surface area contributed by atoms with Crippen molar-refractivity contribution in [3.63, 3.8) is 0 Å². The number of aliphatic carboxylic acids is 1. The van der Waals surface area contributed by atoms with Crippen LogP contribution in [0.15, 0.2) is 54.1 Å². The van der Waals surface area contributed by atoms with Crippen LogP contribution in [0.3, 0.4) is 0 Å². The molecule has 0 spiro atoms. The predicted molar refractivity (Wildman–Crippen MR) is 112 cm³/mol. The van der Waals surface area contributed by atoms with Crippen molar-refractivity contribution in [2.75, 3.05) is 0 Å². The molecule has 0 saturated carbocycles. The minimum atomic E-state index is -1.12. The normalized spacial score (nSPS) is 13.2. The van der Waals surface area contributed by atoms with E-state index in [4.69, 9.17) is 5.11 Å². The molecule has 0 bridgehead atoms. The fourth-order valence-electron chi connectivity index (χ4n) is 3.51. The minimum Gasteiger partial charge on any atom is -0.481 e. The Labute approximate surface area is 175 Å². The van der Waals surface area contributed by atoms with E-state index >= 15 is 0 Å². The largest absolute Gasteiger partial charge is 0.481 e. The molecule has 30 heavy (non-hydrogen) atoms. The van der Waals surface area contributed by atoms with Gasteiger partial charge in [-0.25, -0.2) is 8.78 Å². The fraction of sp³-hybridized carbons (Fsp3) is 0.375. The van der Waals surface area contributed by atoms with Gasteiger partial charge in [0.2, 0.25) is 0 Å². The van der Waals surface area contributed by atoms with Crippen LogP contribution >= 0.6 is 0 Å². The van der Waals surface area contributed by atoms with Crippen molar-refractivity contribution in [1.29, 1.82) is 0 Å². The smallest absolute Gasteiger partial charge is 0.305 e. The molecule has 2 rings (SSSR count). The number of carboxylic acids is 1. The Hall–Kier alpha value is -2.57. The highest BCUT2D eigenvalue weighted by Gasteiger charge is 2.19. The van der Waals surface area contributed by atoms with Crippen molar-refractivity contribution in [2.45, 2.75) is 51.7 Å². The summed E-state index contributed by atoms with van der Waals surface area (Å²) in [4.78, 5) is 10.7. The Morgan fingerprint density at radius 2 is 1.33 bits per heavy atom. The summed E-state index contributed by atoms with van der Waals surface area (Å²) < 4.78 is 26.9. The van der Waals surface area contributed by atoms with Crippen LogP contribution in [0, 0.1) is 17.6 Å². The molecule has 2 aromatic carbocycles. The first-order valence-corrected chi connectivity index (χ1v) is 10.00. The molecule has 2 atom stereocenters. The monoisotopic (exact) mass is 418 g/mol. The van der Waals surface area contributed by atoms with Crippen LogP contribution in [0.1, 0.15) is 50.7 Å². The molecule has 0 unspecified atom stereocenters. The molecule has 4 nitrogen and oxygen atoms in total. The molecule has 3 N–H and O–H groups in total. The molecule has 0 aliphatic carbocycles. The van der Waals surface area contributed by atoms with Crippen LogP contribution in [-0.4, -0.2) is 33.5 Å². The van der Waals surface area contributed by atoms with E-state index in [2.05, 4.69) is 0 Å². The highest BCUT2D eigenvalue weighted by Crippen LogP contribution is 2.34. The molecular formula is C24H28F2O4. The predicted octanol–water partition coefficient (Wildman–Crippen LogP) is 4.79. The lowest BCUT2D eigenvalue weighted by Gasteiger charge is -2.22. The minimum absolute atomic E-state index is 0.0277. The topological polar surface area (TPSA) is 77.8 Å². The summed E-state index contributed by atoms with van der Waals surface area (Å²) in [6.45, 7) is 4.02. The second-order valence-electron chi connectivity index (χ2n) is 7.75. The number of aliphatic hydroxyl groups excluding tert-OH is 2. The third-order valence-corrected chi connectivity index (χ3v) is 4.99. The SMILES string of the molecule is CC(C)C(CC[C@@H](O)C[C@@H](O)CC(=O)O)=C(c1ccc(F)cc1)c1ccc(F)cc1. The van der Waals surface area contributed by atoms with E-state index in [9.17, 15) is 23.8 Å². The van der Waals surface area contributed by atoms with Gasteiger partial charge in [0, 0.05) is 0 Å². The second-order valence-corrected chi connectivity index (χ2v) is 7.75. The molecule has 0 aliphatic heterocycles. The Bertz CT molecular complexity index is 810. The molecular weight excluding hydrogens is 390 g/mol. The van der Waals surface area contributed by atoms with Gasteiger partial charge < -0.3 is 15.3 Å². The highest BCUT2D eigenvalue weighted by molar-refractivity contribution is 5.82. The van der Waals surface area contributed by atoms with Gasteiger partial charge in [0.25, 0.3) is 0 Å². The number of aliphatic hydroxyl groups is 2. The van der Waals surface area contributed by atoms with Crippen molar-refractivity contribution in [1.82, 2.24) is 0 Å². The van der Waals surface area contributed by atoms with Gasteiger partial charge in [0.05, 0.1) is 18.6 Å². The summed E-state index contributed by atoms with van der Waals surface area (Å²) >= 11 is 0. The van der Waals surface area contributed by atoms with Crippen molar-refractivity contribution >= 4 is 11.5 Å². The zero-order valence-corrected chi connectivity index (χ0v) is 17.2. The van der Waals surface area contributed by atoms with Crippen molar-refractivity contribution in [3.8, 4) is 0 Å². The molecule has 0 fully saturated rings. The molecule has 2 aromatic rings. The zero-order valence-electron chi connectivity index (χ0n) is 17.2. The first-order valence-electron chi connectivity index (χ1n) is 10.00. The second kappa shape index (κ2) is 11.0. The van der Waals surface area contributed by atoms with Crippen molar-refractivity contribution in [3.05, 3.63) is 76.9 Å². The molecule has 0 aromatic heterocycles. The lowest BCUT2D eigenvalue weighted by Crippen LogP contribution is -2.21. The van der Waals surface area contributed by atoms with E-state index in [1.807, 2.05) is 13.8 Å². The van der Waals surface area contributed by atoms with Crippen LogP contribution in [-0.2, 0) is 4.79 Å². The average molecular weight is 418 g/mol. The number of benzene rings is 2. The van der Waals surface area contributed by atoms with E-state index in [-0.39, 0.29) is 24.0 Å². The highest BCUT2D eigenvalue weighted by atomic mass is 19.1. The maximum atomic E-state index is 13.5. The Kier molecular flexibility index (Phi) is 8.69. The average Bonchev–Trinajstić information content (AvgIpc) is 2.66. The number of halogens is 2. The molecule has 6 heteroatoms. The number of allylic oxidation sites excluding steroid dienone is 1. The lowest BCUT2D eigenvalue weighted by atomic mass is 9.84. The maximum absolute atomic E-state index is 13.5. The van der Waals surface area contributed by atoms with Crippen LogP contribution in [0.25, 0.3) is 5.57 Å². The van der Waals surface area contributed by atoms with Gasteiger partial charge in [-0.3, -0.25) is 4.79 Å². The molecule has 0 aliphatic rings. The van der Waals surface area contributed by atoms with Crippen LogP contribution in [0.4, 0.5) is 8.78 Å².